The molecule has 1 nitrogen and oxygen atoms in total. The van der Waals surface area contributed by atoms with Gasteiger partial charge < -0.3 is 5.11 Å². The van der Waals surface area contributed by atoms with Gasteiger partial charge in [0.05, 0.1) is 0 Å². The SMILES string of the molecule is CC(C)C(C)(C)C(CO)CCc1ccccc1. The maximum atomic E-state index is 9.59. The molecular weight excluding hydrogens is 208 g/mol. The van der Waals surface area contributed by atoms with Crippen LogP contribution in [0.1, 0.15) is 39.7 Å². The van der Waals surface area contributed by atoms with Gasteiger partial charge in [-0.25, -0.2) is 0 Å². The zero-order valence-corrected chi connectivity index (χ0v) is 11.6. The van der Waals surface area contributed by atoms with Gasteiger partial charge in [0.1, 0.15) is 0 Å². The van der Waals surface area contributed by atoms with Crippen LogP contribution in [0, 0.1) is 17.3 Å². The maximum absolute atomic E-state index is 9.59. The summed E-state index contributed by atoms with van der Waals surface area (Å²) in [5.74, 6) is 0.970. The smallest absolute Gasteiger partial charge is 0.0464 e. The quantitative estimate of drug-likeness (QED) is 0.791. The Morgan fingerprint density at radius 2 is 1.71 bits per heavy atom. The summed E-state index contributed by atoms with van der Waals surface area (Å²) in [7, 11) is 0. The van der Waals surface area contributed by atoms with E-state index in [2.05, 4.69) is 52.0 Å². The number of benzene rings is 1. The molecule has 0 aliphatic carbocycles. The molecule has 0 fully saturated rings. The molecule has 1 rings (SSSR count). The van der Waals surface area contributed by atoms with Crippen LogP contribution >= 0.6 is 0 Å². The molecule has 0 aromatic heterocycles. The lowest BCUT2D eigenvalue weighted by molar-refractivity contribution is 0.0699. The first-order valence-corrected chi connectivity index (χ1v) is 6.63. The molecule has 1 aromatic carbocycles. The highest BCUT2D eigenvalue weighted by molar-refractivity contribution is 5.14. The van der Waals surface area contributed by atoms with E-state index < -0.39 is 0 Å². The fourth-order valence-electron chi connectivity index (χ4n) is 2.16. The number of aliphatic hydroxyl groups excluding tert-OH is 1. The van der Waals surface area contributed by atoms with Crippen molar-refractivity contribution in [2.75, 3.05) is 6.61 Å². The van der Waals surface area contributed by atoms with Crippen LogP contribution in [-0.4, -0.2) is 11.7 Å². The number of rotatable bonds is 6. The fourth-order valence-corrected chi connectivity index (χ4v) is 2.16. The van der Waals surface area contributed by atoms with Crippen LogP contribution in [0.2, 0.25) is 0 Å². The third-order valence-electron chi connectivity index (χ3n) is 4.38. The molecule has 0 saturated heterocycles. The molecule has 1 aromatic rings. The molecular formula is C16H26O. The van der Waals surface area contributed by atoms with E-state index in [9.17, 15) is 5.11 Å². The standard InChI is InChI=1S/C16H26O/c1-13(2)16(3,4)15(12-17)11-10-14-8-6-5-7-9-14/h5-9,13,15,17H,10-12H2,1-4H3. The van der Waals surface area contributed by atoms with E-state index in [4.69, 9.17) is 0 Å². The van der Waals surface area contributed by atoms with Crippen molar-refractivity contribution < 1.29 is 5.11 Å². The lowest BCUT2D eigenvalue weighted by Gasteiger charge is -2.37. The second-order valence-electron chi connectivity index (χ2n) is 5.88. The van der Waals surface area contributed by atoms with Crippen LogP contribution in [0.4, 0.5) is 0 Å². The molecule has 0 heterocycles. The molecule has 1 N–H and O–H groups in total. The molecule has 0 amide bonds. The highest BCUT2D eigenvalue weighted by Gasteiger charge is 2.31. The molecule has 0 bridgehead atoms. The highest BCUT2D eigenvalue weighted by Crippen LogP contribution is 2.37. The van der Waals surface area contributed by atoms with Gasteiger partial charge in [-0.2, -0.15) is 0 Å². The summed E-state index contributed by atoms with van der Waals surface area (Å²) in [6, 6.07) is 10.5. The van der Waals surface area contributed by atoms with Gasteiger partial charge in [-0.3, -0.25) is 0 Å². The number of hydrogen-bond donors (Lipinski definition) is 1. The van der Waals surface area contributed by atoms with E-state index in [0.717, 1.165) is 12.8 Å². The average molecular weight is 234 g/mol. The van der Waals surface area contributed by atoms with E-state index in [1.165, 1.54) is 5.56 Å². The van der Waals surface area contributed by atoms with Gasteiger partial charge >= 0.3 is 0 Å². The van der Waals surface area contributed by atoms with Crippen LogP contribution in [0.15, 0.2) is 30.3 Å². The summed E-state index contributed by atoms with van der Waals surface area (Å²) in [5, 5.41) is 9.59. The predicted octanol–water partition coefficient (Wildman–Crippen LogP) is 3.91. The van der Waals surface area contributed by atoms with Crippen LogP contribution in [0.5, 0.6) is 0 Å². The van der Waals surface area contributed by atoms with Crippen molar-refractivity contribution in [1.82, 2.24) is 0 Å². The Morgan fingerprint density at radius 1 is 1.12 bits per heavy atom. The average Bonchev–Trinajstić information content (AvgIpc) is 2.30. The van der Waals surface area contributed by atoms with Gasteiger partial charge in [-0.15, -0.1) is 0 Å². The van der Waals surface area contributed by atoms with Crippen molar-refractivity contribution in [2.45, 2.75) is 40.5 Å². The molecule has 0 radical (unpaired) electrons. The molecule has 0 saturated carbocycles. The molecule has 17 heavy (non-hydrogen) atoms. The van der Waals surface area contributed by atoms with Crippen LogP contribution in [0.3, 0.4) is 0 Å². The largest absolute Gasteiger partial charge is 0.396 e. The monoisotopic (exact) mass is 234 g/mol. The first kappa shape index (κ1) is 14.2. The van der Waals surface area contributed by atoms with Gasteiger partial charge in [0.2, 0.25) is 0 Å². The van der Waals surface area contributed by atoms with Gasteiger partial charge in [-0.05, 0) is 35.7 Å². The van der Waals surface area contributed by atoms with Crippen LogP contribution < -0.4 is 0 Å². The summed E-state index contributed by atoms with van der Waals surface area (Å²) in [5.41, 5.74) is 1.56. The summed E-state index contributed by atoms with van der Waals surface area (Å²) in [4.78, 5) is 0. The topological polar surface area (TPSA) is 20.2 Å². The molecule has 96 valence electrons. The fraction of sp³-hybridized carbons (Fsp3) is 0.625. The van der Waals surface area contributed by atoms with Crippen molar-refractivity contribution in [3.05, 3.63) is 35.9 Å². The van der Waals surface area contributed by atoms with Crippen LogP contribution in [0.25, 0.3) is 0 Å². The van der Waals surface area contributed by atoms with Crippen molar-refractivity contribution in [2.24, 2.45) is 17.3 Å². The first-order chi connectivity index (χ1) is 7.98. The minimum atomic E-state index is 0.198. The van der Waals surface area contributed by atoms with E-state index in [1.807, 2.05) is 6.07 Å². The Bertz CT molecular complexity index is 314. The summed E-state index contributed by atoms with van der Waals surface area (Å²) in [6.07, 6.45) is 2.12. The van der Waals surface area contributed by atoms with Crippen molar-refractivity contribution in [3.8, 4) is 0 Å². The summed E-state index contributed by atoms with van der Waals surface area (Å²) < 4.78 is 0. The lowest BCUT2D eigenvalue weighted by Crippen LogP contribution is -2.32. The van der Waals surface area contributed by atoms with E-state index in [1.54, 1.807) is 0 Å². The second-order valence-corrected chi connectivity index (χ2v) is 5.88. The molecule has 0 aliphatic heterocycles. The zero-order valence-electron chi connectivity index (χ0n) is 11.6. The predicted molar refractivity (Wildman–Crippen MR) is 74.0 cm³/mol. The highest BCUT2D eigenvalue weighted by atomic mass is 16.3. The van der Waals surface area contributed by atoms with Crippen LogP contribution in [-0.2, 0) is 6.42 Å². The summed E-state index contributed by atoms with van der Waals surface area (Å²) >= 11 is 0. The van der Waals surface area contributed by atoms with Gasteiger partial charge in [0, 0.05) is 6.61 Å². The van der Waals surface area contributed by atoms with E-state index in [-0.39, 0.29) is 12.0 Å². The van der Waals surface area contributed by atoms with Crippen molar-refractivity contribution in [3.63, 3.8) is 0 Å². The first-order valence-electron chi connectivity index (χ1n) is 6.63. The third-order valence-corrected chi connectivity index (χ3v) is 4.38. The van der Waals surface area contributed by atoms with Gasteiger partial charge in [0.15, 0.2) is 0 Å². The Labute approximate surface area is 106 Å². The Morgan fingerprint density at radius 3 is 2.18 bits per heavy atom. The Hall–Kier alpha value is -0.820. The number of hydrogen-bond acceptors (Lipinski definition) is 1. The molecule has 1 atom stereocenters. The van der Waals surface area contributed by atoms with Gasteiger partial charge in [-0.1, -0.05) is 58.0 Å². The van der Waals surface area contributed by atoms with Crippen molar-refractivity contribution >= 4 is 0 Å². The minimum Gasteiger partial charge on any atom is -0.396 e. The maximum Gasteiger partial charge on any atom is 0.0464 e. The number of aryl methyl sites for hydroxylation is 1. The molecule has 1 unspecified atom stereocenters. The van der Waals surface area contributed by atoms with E-state index in [0.29, 0.717) is 11.8 Å². The van der Waals surface area contributed by atoms with Gasteiger partial charge in [0.25, 0.3) is 0 Å². The minimum absolute atomic E-state index is 0.198. The number of aliphatic hydroxyl groups is 1. The lowest BCUT2D eigenvalue weighted by atomic mass is 9.69. The molecule has 1 heteroatoms. The summed E-state index contributed by atoms with van der Waals surface area (Å²) in [6.45, 7) is 9.31. The van der Waals surface area contributed by atoms with Crippen molar-refractivity contribution in [1.29, 1.82) is 0 Å². The Kier molecular flexibility index (Phi) is 5.20. The third kappa shape index (κ3) is 3.85. The van der Waals surface area contributed by atoms with E-state index >= 15 is 0 Å². The second kappa shape index (κ2) is 6.20. The normalized spacial score (nSPS) is 14.0. The Balaban J connectivity index is 2.59. The molecule has 0 spiro atoms. The zero-order chi connectivity index (χ0) is 12.9. The molecule has 0 aliphatic rings.